The summed E-state index contributed by atoms with van der Waals surface area (Å²) in [6, 6.07) is 8.01. The van der Waals surface area contributed by atoms with Crippen LogP contribution in [0, 0.1) is 0 Å². The molecule has 2 rings (SSSR count). The van der Waals surface area contributed by atoms with E-state index in [2.05, 4.69) is 0 Å². The maximum Gasteiger partial charge on any atom is 0.119 e. The van der Waals surface area contributed by atoms with Gasteiger partial charge in [0.05, 0.1) is 6.10 Å². The number of rotatable bonds is 4. The van der Waals surface area contributed by atoms with Gasteiger partial charge in [0.25, 0.3) is 0 Å². The molecule has 0 heterocycles. The number of ether oxygens (including phenoxy) is 1. The highest BCUT2D eigenvalue weighted by Crippen LogP contribution is 2.25. The molecule has 0 aromatic heterocycles. The van der Waals surface area contributed by atoms with E-state index in [1.807, 2.05) is 24.3 Å². The molecule has 0 bridgehead atoms. The van der Waals surface area contributed by atoms with Crippen molar-refractivity contribution >= 4 is 0 Å². The first-order valence-corrected chi connectivity index (χ1v) is 5.25. The first kappa shape index (κ1) is 9.53. The molecule has 0 spiro atoms. The molecule has 76 valence electrons. The molecule has 0 radical (unpaired) electrons. The molecule has 0 saturated heterocycles. The third-order valence-electron chi connectivity index (χ3n) is 2.68. The number of benzene rings is 1. The second-order valence-corrected chi connectivity index (χ2v) is 3.79. The third-order valence-corrected chi connectivity index (χ3v) is 2.68. The number of aliphatic hydroxyl groups is 1. The maximum absolute atomic E-state index is 8.75. The smallest absolute Gasteiger partial charge is 0.119 e. The molecule has 1 saturated carbocycles. The molecule has 1 N–H and O–H groups in total. The van der Waals surface area contributed by atoms with E-state index in [9.17, 15) is 0 Å². The molecule has 1 aliphatic carbocycles. The summed E-state index contributed by atoms with van der Waals surface area (Å²) in [6.45, 7) is 0.211. The monoisotopic (exact) mass is 192 g/mol. The van der Waals surface area contributed by atoms with Crippen molar-refractivity contribution in [3.63, 3.8) is 0 Å². The third kappa shape index (κ3) is 2.26. The average molecular weight is 192 g/mol. The Morgan fingerprint density at radius 2 is 1.93 bits per heavy atom. The first-order chi connectivity index (χ1) is 6.88. The molecule has 14 heavy (non-hydrogen) atoms. The van der Waals surface area contributed by atoms with Gasteiger partial charge in [-0.2, -0.15) is 0 Å². The Kier molecular flexibility index (Phi) is 3.04. The summed E-state index contributed by atoms with van der Waals surface area (Å²) >= 11 is 0. The predicted octanol–water partition coefficient (Wildman–Crippen LogP) is 2.15. The lowest BCUT2D eigenvalue weighted by Crippen LogP contribution is -2.24. The van der Waals surface area contributed by atoms with Gasteiger partial charge in [0.15, 0.2) is 0 Å². The predicted molar refractivity (Wildman–Crippen MR) is 55.5 cm³/mol. The van der Waals surface area contributed by atoms with Crippen LogP contribution in [-0.4, -0.2) is 17.8 Å². The minimum atomic E-state index is 0.211. The minimum Gasteiger partial charge on any atom is -0.490 e. The molecule has 1 aromatic rings. The van der Waals surface area contributed by atoms with Crippen LogP contribution in [0.4, 0.5) is 0 Å². The largest absolute Gasteiger partial charge is 0.490 e. The van der Waals surface area contributed by atoms with Crippen LogP contribution in [0.3, 0.4) is 0 Å². The summed E-state index contributed by atoms with van der Waals surface area (Å²) in [5.41, 5.74) is 1.16. The van der Waals surface area contributed by atoms with Gasteiger partial charge in [-0.05, 0) is 43.4 Å². The zero-order valence-electron chi connectivity index (χ0n) is 8.28. The van der Waals surface area contributed by atoms with E-state index < -0.39 is 0 Å². The maximum atomic E-state index is 8.75. The van der Waals surface area contributed by atoms with Crippen molar-refractivity contribution in [2.75, 3.05) is 6.61 Å². The molecule has 1 aliphatic rings. The van der Waals surface area contributed by atoms with E-state index in [1.165, 1.54) is 19.3 Å². The fourth-order valence-electron chi connectivity index (χ4n) is 1.54. The van der Waals surface area contributed by atoms with Crippen LogP contribution in [0.2, 0.25) is 0 Å². The molecule has 0 amide bonds. The molecule has 2 heteroatoms. The fourth-order valence-corrected chi connectivity index (χ4v) is 1.54. The number of aliphatic hydroxyl groups excluding tert-OH is 1. The van der Waals surface area contributed by atoms with Crippen molar-refractivity contribution in [1.82, 2.24) is 0 Å². The van der Waals surface area contributed by atoms with E-state index in [0.29, 0.717) is 6.10 Å². The summed E-state index contributed by atoms with van der Waals surface area (Å²) in [5, 5.41) is 8.75. The highest BCUT2D eigenvalue weighted by atomic mass is 16.5. The van der Waals surface area contributed by atoms with Gasteiger partial charge >= 0.3 is 0 Å². The Bertz CT molecular complexity index is 275. The minimum absolute atomic E-state index is 0.211. The summed E-state index contributed by atoms with van der Waals surface area (Å²) in [5.74, 6) is 0.955. The van der Waals surface area contributed by atoms with Gasteiger partial charge in [0.1, 0.15) is 5.75 Å². The second-order valence-electron chi connectivity index (χ2n) is 3.79. The fraction of sp³-hybridized carbons (Fsp3) is 0.500. The van der Waals surface area contributed by atoms with Crippen molar-refractivity contribution < 1.29 is 9.84 Å². The highest BCUT2D eigenvalue weighted by molar-refractivity contribution is 5.27. The Labute approximate surface area is 84.5 Å². The summed E-state index contributed by atoms with van der Waals surface area (Å²) in [7, 11) is 0. The van der Waals surface area contributed by atoms with Gasteiger partial charge in [-0.15, -0.1) is 0 Å². The lowest BCUT2D eigenvalue weighted by molar-refractivity contribution is 0.120. The van der Waals surface area contributed by atoms with Crippen molar-refractivity contribution in [3.8, 4) is 5.75 Å². The number of hydrogen-bond acceptors (Lipinski definition) is 2. The van der Waals surface area contributed by atoms with Crippen molar-refractivity contribution in [2.45, 2.75) is 31.8 Å². The van der Waals surface area contributed by atoms with E-state index in [1.54, 1.807) is 0 Å². The van der Waals surface area contributed by atoms with Crippen LogP contribution in [-0.2, 0) is 6.42 Å². The lowest BCUT2D eigenvalue weighted by Gasteiger charge is -2.26. The molecular formula is C12H16O2. The van der Waals surface area contributed by atoms with Crippen LogP contribution in [0.1, 0.15) is 24.8 Å². The van der Waals surface area contributed by atoms with E-state index >= 15 is 0 Å². The van der Waals surface area contributed by atoms with Crippen LogP contribution >= 0.6 is 0 Å². The Hall–Kier alpha value is -1.02. The topological polar surface area (TPSA) is 29.5 Å². The zero-order chi connectivity index (χ0) is 9.80. The SMILES string of the molecule is OCCc1ccc(OC2CCC2)cc1. The first-order valence-electron chi connectivity index (χ1n) is 5.25. The standard InChI is InChI=1S/C12H16O2/c13-9-8-10-4-6-12(7-5-10)14-11-2-1-3-11/h4-7,11,13H,1-3,8-9H2. The molecule has 2 nitrogen and oxygen atoms in total. The van der Waals surface area contributed by atoms with Gasteiger partial charge in [0, 0.05) is 6.61 Å². The summed E-state index contributed by atoms with van der Waals surface area (Å²) in [4.78, 5) is 0. The lowest BCUT2D eigenvalue weighted by atomic mass is 9.96. The zero-order valence-corrected chi connectivity index (χ0v) is 8.28. The van der Waals surface area contributed by atoms with Crippen LogP contribution in [0.15, 0.2) is 24.3 Å². The summed E-state index contributed by atoms with van der Waals surface area (Å²) in [6.07, 6.45) is 4.85. The van der Waals surface area contributed by atoms with Crippen LogP contribution in [0.5, 0.6) is 5.75 Å². The van der Waals surface area contributed by atoms with E-state index in [4.69, 9.17) is 9.84 Å². The normalized spacial score (nSPS) is 16.4. The van der Waals surface area contributed by atoms with Gasteiger partial charge in [-0.1, -0.05) is 12.1 Å². The van der Waals surface area contributed by atoms with Crippen molar-refractivity contribution in [3.05, 3.63) is 29.8 Å². The molecule has 1 aromatic carbocycles. The van der Waals surface area contributed by atoms with E-state index in [-0.39, 0.29) is 6.61 Å². The molecule has 1 fully saturated rings. The van der Waals surface area contributed by atoms with Crippen molar-refractivity contribution in [2.24, 2.45) is 0 Å². The van der Waals surface area contributed by atoms with Crippen molar-refractivity contribution in [1.29, 1.82) is 0 Å². The van der Waals surface area contributed by atoms with Gasteiger partial charge < -0.3 is 9.84 Å². The Balaban J connectivity index is 1.91. The van der Waals surface area contributed by atoms with Crippen LogP contribution < -0.4 is 4.74 Å². The van der Waals surface area contributed by atoms with E-state index in [0.717, 1.165) is 17.7 Å². The van der Waals surface area contributed by atoms with Gasteiger partial charge in [0.2, 0.25) is 0 Å². The quantitative estimate of drug-likeness (QED) is 0.792. The average Bonchev–Trinajstić information content (AvgIpc) is 2.14. The molecule has 0 aliphatic heterocycles. The van der Waals surface area contributed by atoms with Gasteiger partial charge in [-0.3, -0.25) is 0 Å². The summed E-state index contributed by atoms with van der Waals surface area (Å²) < 4.78 is 5.72. The highest BCUT2D eigenvalue weighted by Gasteiger charge is 2.18. The molecule has 0 unspecified atom stereocenters. The molecular weight excluding hydrogens is 176 g/mol. The Morgan fingerprint density at radius 1 is 1.21 bits per heavy atom. The number of hydrogen-bond donors (Lipinski definition) is 1. The second kappa shape index (κ2) is 4.47. The Morgan fingerprint density at radius 3 is 2.43 bits per heavy atom. The molecule has 0 atom stereocenters. The van der Waals surface area contributed by atoms with Gasteiger partial charge in [-0.25, -0.2) is 0 Å². The van der Waals surface area contributed by atoms with Crippen LogP contribution in [0.25, 0.3) is 0 Å².